The van der Waals surface area contributed by atoms with E-state index in [2.05, 4.69) is 19.2 Å². The highest BCUT2D eigenvalue weighted by atomic mass is 16.5. The largest absolute Gasteiger partial charge is 0.377 e. The van der Waals surface area contributed by atoms with Crippen LogP contribution in [0.1, 0.15) is 46.0 Å². The van der Waals surface area contributed by atoms with E-state index in [1.54, 1.807) is 0 Å². The molecule has 1 saturated carbocycles. The molecule has 2 heteroatoms. The predicted octanol–water partition coefficient (Wildman–Crippen LogP) is 2.33. The molecule has 1 N–H and O–H groups in total. The summed E-state index contributed by atoms with van der Waals surface area (Å²) in [6.07, 6.45) is 7.16. The first-order valence-electron chi connectivity index (χ1n) is 6.19. The number of rotatable bonds is 5. The Morgan fingerprint density at radius 1 is 1.36 bits per heavy atom. The van der Waals surface area contributed by atoms with Gasteiger partial charge in [0, 0.05) is 18.7 Å². The lowest BCUT2D eigenvalue weighted by atomic mass is 10.0. The fourth-order valence-electron chi connectivity index (χ4n) is 2.49. The van der Waals surface area contributed by atoms with Gasteiger partial charge in [-0.25, -0.2) is 0 Å². The van der Waals surface area contributed by atoms with Crippen LogP contribution in [0.4, 0.5) is 0 Å². The zero-order chi connectivity index (χ0) is 9.97. The quantitative estimate of drug-likeness (QED) is 0.730. The van der Waals surface area contributed by atoms with Crippen molar-refractivity contribution in [3.63, 3.8) is 0 Å². The molecule has 0 radical (unpaired) electrons. The topological polar surface area (TPSA) is 21.3 Å². The van der Waals surface area contributed by atoms with E-state index >= 15 is 0 Å². The summed E-state index contributed by atoms with van der Waals surface area (Å²) in [7, 11) is 0. The van der Waals surface area contributed by atoms with E-state index in [-0.39, 0.29) is 0 Å². The van der Waals surface area contributed by atoms with Crippen LogP contribution in [0.3, 0.4) is 0 Å². The fraction of sp³-hybridized carbons (Fsp3) is 1.00. The van der Waals surface area contributed by atoms with Crippen molar-refractivity contribution < 1.29 is 4.74 Å². The molecule has 2 aliphatic rings. The molecule has 0 spiro atoms. The fourth-order valence-corrected chi connectivity index (χ4v) is 2.49. The molecule has 1 aliphatic carbocycles. The molecule has 0 bridgehead atoms. The Labute approximate surface area is 87.4 Å². The third-order valence-corrected chi connectivity index (χ3v) is 3.60. The Balaban J connectivity index is 1.80. The molecule has 2 fully saturated rings. The zero-order valence-electron chi connectivity index (χ0n) is 9.46. The van der Waals surface area contributed by atoms with E-state index in [4.69, 9.17) is 4.74 Å². The van der Waals surface area contributed by atoms with Crippen molar-refractivity contribution in [3.05, 3.63) is 0 Å². The van der Waals surface area contributed by atoms with Crippen LogP contribution in [0.5, 0.6) is 0 Å². The highest BCUT2D eigenvalue weighted by molar-refractivity contribution is 4.90. The summed E-state index contributed by atoms with van der Waals surface area (Å²) in [6, 6.07) is 1.39. The first-order chi connectivity index (χ1) is 6.81. The standard InChI is InChI=1S/C12H23NO/c1-3-4-12(10-5-6-10)13-11-7-8-14-9(11)2/h9-13H,3-8H2,1-2H3. The summed E-state index contributed by atoms with van der Waals surface area (Å²) < 4.78 is 5.58. The van der Waals surface area contributed by atoms with Gasteiger partial charge in [0.2, 0.25) is 0 Å². The van der Waals surface area contributed by atoms with Gasteiger partial charge in [0.05, 0.1) is 6.10 Å². The van der Waals surface area contributed by atoms with Gasteiger partial charge >= 0.3 is 0 Å². The number of hydrogen-bond acceptors (Lipinski definition) is 2. The van der Waals surface area contributed by atoms with E-state index in [1.165, 1.54) is 32.1 Å². The lowest BCUT2D eigenvalue weighted by Gasteiger charge is -2.24. The lowest BCUT2D eigenvalue weighted by molar-refractivity contribution is 0.109. The molecule has 2 nitrogen and oxygen atoms in total. The van der Waals surface area contributed by atoms with Crippen LogP contribution in [-0.4, -0.2) is 24.8 Å². The van der Waals surface area contributed by atoms with Gasteiger partial charge in [-0.1, -0.05) is 13.3 Å². The van der Waals surface area contributed by atoms with E-state index < -0.39 is 0 Å². The van der Waals surface area contributed by atoms with Gasteiger partial charge in [-0.15, -0.1) is 0 Å². The van der Waals surface area contributed by atoms with Gasteiger partial charge in [0.15, 0.2) is 0 Å². The monoisotopic (exact) mass is 197 g/mol. The van der Waals surface area contributed by atoms with Crippen molar-refractivity contribution in [2.75, 3.05) is 6.61 Å². The van der Waals surface area contributed by atoms with E-state index in [0.717, 1.165) is 18.6 Å². The zero-order valence-corrected chi connectivity index (χ0v) is 9.46. The van der Waals surface area contributed by atoms with Gasteiger partial charge in [-0.2, -0.15) is 0 Å². The normalized spacial score (nSPS) is 34.7. The second-order valence-electron chi connectivity index (χ2n) is 4.87. The smallest absolute Gasteiger partial charge is 0.0700 e. The third-order valence-electron chi connectivity index (χ3n) is 3.60. The van der Waals surface area contributed by atoms with Crippen LogP contribution in [0.15, 0.2) is 0 Å². The van der Waals surface area contributed by atoms with Crippen LogP contribution in [0.25, 0.3) is 0 Å². The van der Waals surface area contributed by atoms with Crippen molar-refractivity contribution in [3.8, 4) is 0 Å². The Bertz CT molecular complexity index is 179. The average molecular weight is 197 g/mol. The maximum absolute atomic E-state index is 5.58. The Morgan fingerprint density at radius 2 is 2.14 bits per heavy atom. The molecular formula is C12H23NO. The minimum absolute atomic E-state index is 0.424. The molecule has 3 atom stereocenters. The van der Waals surface area contributed by atoms with Crippen molar-refractivity contribution in [1.82, 2.24) is 5.32 Å². The Kier molecular flexibility index (Phi) is 3.45. The molecule has 1 heterocycles. The molecule has 0 aromatic heterocycles. The summed E-state index contributed by atoms with van der Waals surface area (Å²) >= 11 is 0. The molecule has 2 rings (SSSR count). The second kappa shape index (κ2) is 4.63. The lowest BCUT2D eigenvalue weighted by Crippen LogP contribution is -2.43. The molecule has 1 aliphatic heterocycles. The molecular weight excluding hydrogens is 174 g/mol. The summed E-state index contributed by atoms with van der Waals surface area (Å²) in [5, 5.41) is 3.80. The molecule has 14 heavy (non-hydrogen) atoms. The summed E-state index contributed by atoms with van der Waals surface area (Å²) in [5.41, 5.74) is 0. The summed E-state index contributed by atoms with van der Waals surface area (Å²) in [4.78, 5) is 0. The molecule has 82 valence electrons. The maximum atomic E-state index is 5.58. The second-order valence-corrected chi connectivity index (χ2v) is 4.87. The van der Waals surface area contributed by atoms with Crippen LogP contribution >= 0.6 is 0 Å². The number of hydrogen-bond donors (Lipinski definition) is 1. The maximum Gasteiger partial charge on any atom is 0.0700 e. The van der Waals surface area contributed by atoms with Gasteiger partial charge < -0.3 is 10.1 Å². The first-order valence-corrected chi connectivity index (χ1v) is 6.19. The SMILES string of the molecule is CCCC(NC1CCOC1C)C1CC1. The average Bonchev–Trinajstić information content (AvgIpc) is 2.93. The van der Waals surface area contributed by atoms with Crippen LogP contribution in [-0.2, 0) is 4.74 Å². The molecule has 0 aromatic rings. The van der Waals surface area contributed by atoms with Crippen molar-refractivity contribution in [2.45, 2.75) is 64.1 Å². The van der Waals surface area contributed by atoms with Gasteiger partial charge in [-0.3, -0.25) is 0 Å². The van der Waals surface area contributed by atoms with E-state index in [1.807, 2.05) is 0 Å². The van der Waals surface area contributed by atoms with Crippen molar-refractivity contribution >= 4 is 0 Å². The van der Waals surface area contributed by atoms with E-state index in [0.29, 0.717) is 12.1 Å². The van der Waals surface area contributed by atoms with Crippen LogP contribution in [0, 0.1) is 5.92 Å². The molecule has 1 saturated heterocycles. The highest BCUT2D eigenvalue weighted by Gasteiger charge is 2.34. The first kappa shape index (κ1) is 10.4. The number of nitrogens with one attached hydrogen (secondary N) is 1. The van der Waals surface area contributed by atoms with Crippen LogP contribution < -0.4 is 5.32 Å². The van der Waals surface area contributed by atoms with Gasteiger partial charge in [0.25, 0.3) is 0 Å². The molecule has 3 unspecified atom stereocenters. The summed E-state index contributed by atoms with van der Waals surface area (Å²) in [6.45, 7) is 5.43. The van der Waals surface area contributed by atoms with Crippen molar-refractivity contribution in [2.24, 2.45) is 5.92 Å². The minimum atomic E-state index is 0.424. The minimum Gasteiger partial charge on any atom is -0.377 e. The van der Waals surface area contributed by atoms with Gasteiger partial charge in [-0.05, 0) is 38.5 Å². The highest BCUT2D eigenvalue weighted by Crippen LogP contribution is 2.35. The number of ether oxygens (including phenoxy) is 1. The molecule has 0 aromatic carbocycles. The van der Waals surface area contributed by atoms with Gasteiger partial charge in [0.1, 0.15) is 0 Å². The van der Waals surface area contributed by atoms with E-state index in [9.17, 15) is 0 Å². The molecule has 0 amide bonds. The Morgan fingerprint density at radius 3 is 2.64 bits per heavy atom. The summed E-state index contributed by atoms with van der Waals surface area (Å²) in [5.74, 6) is 0.975. The third kappa shape index (κ3) is 2.48. The van der Waals surface area contributed by atoms with Crippen LogP contribution in [0.2, 0.25) is 0 Å². The van der Waals surface area contributed by atoms with Crippen molar-refractivity contribution in [1.29, 1.82) is 0 Å². The Hall–Kier alpha value is -0.0800. The predicted molar refractivity (Wildman–Crippen MR) is 58.4 cm³/mol.